The Morgan fingerprint density at radius 2 is 0.595 bits per heavy atom. The zero-order valence-corrected chi connectivity index (χ0v) is 32.4. The number of carbonyl (C=O) groups excluding carboxylic acids is 2. The van der Waals surface area contributed by atoms with Gasteiger partial charge in [-0.2, -0.15) is 0 Å². The molecule has 0 aliphatic heterocycles. The Kier molecular flexibility index (Phi) is 38.9. The summed E-state index contributed by atoms with van der Waals surface area (Å²) in [6.07, 6.45) is 29.0. The molecule has 0 saturated heterocycles. The largest absolute Gasteiger partial charge is 0.550 e. The highest BCUT2D eigenvalue weighted by Gasteiger charge is 2.36. The van der Waals surface area contributed by atoms with Gasteiger partial charge in [0.15, 0.2) is 0 Å². The van der Waals surface area contributed by atoms with Gasteiger partial charge >= 0.3 is 0 Å². The van der Waals surface area contributed by atoms with Gasteiger partial charge in [0, 0.05) is 26.5 Å². The predicted molar refractivity (Wildman–Crippen MR) is 191 cm³/mol. The van der Waals surface area contributed by atoms with Crippen molar-refractivity contribution in [2.75, 3.05) is 77.7 Å². The molecule has 0 N–H and O–H groups in total. The van der Waals surface area contributed by atoms with Crippen LogP contribution in [0, 0.1) is 0 Å². The van der Waals surface area contributed by atoms with E-state index in [1.807, 2.05) is 0 Å². The topological polar surface area (TPSA) is 86.7 Å². The minimum Gasteiger partial charge on any atom is -0.550 e. The lowest BCUT2D eigenvalue weighted by molar-refractivity contribution is -0.303. The SMILES string of the molecule is CC(=O)[O-].CC(=O)[O-].CCCC[P+](CCCC)(CCCC)CN(C)C.CCCC[P+](CCCC)(CCCC)CN(C)C. The van der Waals surface area contributed by atoms with Crippen LogP contribution in [0.2, 0.25) is 0 Å². The van der Waals surface area contributed by atoms with Crippen LogP contribution in [0.25, 0.3) is 0 Å². The van der Waals surface area contributed by atoms with E-state index in [4.69, 9.17) is 19.8 Å². The van der Waals surface area contributed by atoms with Crippen LogP contribution in [-0.4, -0.2) is 99.5 Å². The first-order valence-corrected chi connectivity index (χ1v) is 22.1. The summed E-state index contributed by atoms with van der Waals surface area (Å²) in [5, 5.41) is 17.8. The lowest BCUT2D eigenvalue weighted by Crippen LogP contribution is -2.23. The summed E-state index contributed by atoms with van der Waals surface area (Å²) in [6, 6.07) is 0. The van der Waals surface area contributed by atoms with Crippen LogP contribution in [-0.2, 0) is 9.59 Å². The molecule has 256 valence electrons. The monoisotopic (exact) mass is 639 g/mol. The molecular weight excluding hydrogens is 562 g/mol. The maximum absolute atomic E-state index is 8.89. The Bertz CT molecular complexity index is 488. The van der Waals surface area contributed by atoms with E-state index in [1.165, 1.54) is 89.6 Å². The van der Waals surface area contributed by atoms with Crippen molar-refractivity contribution in [1.29, 1.82) is 0 Å². The smallest absolute Gasteiger partial charge is 0.111 e. The minimum absolute atomic E-state index is 0.676. The third kappa shape index (κ3) is 37.7. The van der Waals surface area contributed by atoms with Crippen molar-refractivity contribution in [3.63, 3.8) is 0 Å². The van der Waals surface area contributed by atoms with Gasteiger partial charge in [0.25, 0.3) is 0 Å². The molecule has 0 aromatic carbocycles. The Morgan fingerprint density at radius 1 is 0.452 bits per heavy atom. The molecule has 6 nitrogen and oxygen atoms in total. The molecular formula is C34H76N2O4P2. The standard InChI is InChI=1S/2C15H35NP.2C2H4O2/c2*1-6-9-12-17(13-10-7-2,14-11-8-3)15-16(4)5;2*1-2(3)4/h2*6-15H2,1-5H3;2*1H3,(H,3,4)/q2*+1;;/p-2. The maximum Gasteiger partial charge on any atom is 0.111 e. The van der Waals surface area contributed by atoms with Crippen molar-refractivity contribution in [2.45, 2.75) is 132 Å². The number of carboxylic acid groups (broad SMARTS) is 2. The molecule has 8 heteroatoms. The predicted octanol–water partition coefficient (Wildman–Crippen LogP) is 7.36. The quantitative estimate of drug-likeness (QED) is 0.115. The van der Waals surface area contributed by atoms with Crippen molar-refractivity contribution in [2.24, 2.45) is 0 Å². The number of aliphatic carboxylic acids is 2. The van der Waals surface area contributed by atoms with Crippen LogP contribution in [0.4, 0.5) is 0 Å². The van der Waals surface area contributed by atoms with E-state index in [1.54, 1.807) is 37.0 Å². The van der Waals surface area contributed by atoms with Crippen LogP contribution < -0.4 is 10.2 Å². The second kappa shape index (κ2) is 33.6. The second-order valence-corrected chi connectivity index (χ2v) is 21.2. The molecule has 0 radical (unpaired) electrons. The molecule has 42 heavy (non-hydrogen) atoms. The third-order valence-corrected chi connectivity index (χ3v) is 17.0. The van der Waals surface area contributed by atoms with E-state index in [9.17, 15) is 0 Å². The average molecular weight is 639 g/mol. The first-order valence-electron chi connectivity index (χ1n) is 17.0. The molecule has 0 saturated carbocycles. The lowest BCUT2D eigenvalue weighted by Gasteiger charge is -2.30. The second-order valence-electron chi connectivity index (χ2n) is 12.6. The van der Waals surface area contributed by atoms with Gasteiger partial charge in [-0.3, -0.25) is 9.80 Å². The van der Waals surface area contributed by atoms with E-state index in [-0.39, 0.29) is 0 Å². The highest BCUT2D eigenvalue weighted by molar-refractivity contribution is 7.76. The van der Waals surface area contributed by atoms with Crippen molar-refractivity contribution in [3.05, 3.63) is 0 Å². The number of nitrogens with zero attached hydrogens (tertiary/aromatic N) is 2. The van der Waals surface area contributed by atoms with Gasteiger partial charge in [0.05, 0.1) is 37.0 Å². The molecule has 0 aliphatic carbocycles. The van der Waals surface area contributed by atoms with E-state index in [0.717, 1.165) is 13.8 Å². The fourth-order valence-electron chi connectivity index (χ4n) is 5.26. The molecule has 0 unspecified atom stereocenters. The average Bonchev–Trinajstić information content (AvgIpc) is 2.89. The molecule has 0 aromatic heterocycles. The van der Waals surface area contributed by atoms with Crippen LogP contribution >= 0.6 is 14.5 Å². The summed E-state index contributed by atoms with van der Waals surface area (Å²) in [5.41, 5.74) is 0. The van der Waals surface area contributed by atoms with Gasteiger partial charge in [0.2, 0.25) is 0 Å². The molecule has 0 spiro atoms. The molecule has 0 aromatic rings. The van der Waals surface area contributed by atoms with Gasteiger partial charge in [-0.15, -0.1) is 0 Å². The van der Waals surface area contributed by atoms with E-state index in [2.05, 4.69) is 79.5 Å². The van der Waals surface area contributed by atoms with Gasteiger partial charge in [-0.1, -0.05) is 80.1 Å². The van der Waals surface area contributed by atoms with E-state index in [0.29, 0.717) is 0 Å². The number of rotatable bonds is 22. The van der Waals surface area contributed by atoms with Gasteiger partial charge < -0.3 is 19.8 Å². The Hall–Kier alpha value is -0.280. The van der Waals surface area contributed by atoms with Crippen LogP contribution in [0.3, 0.4) is 0 Å². The highest BCUT2D eigenvalue weighted by atomic mass is 31.2. The molecule has 0 bridgehead atoms. The summed E-state index contributed by atoms with van der Waals surface area (Å²) in [5.74, 6) is -2.17. The summed E-state index contributed by atoms with van der Waals surface area (Å²) >= 11 is 0. The summed E-state index contributed by atoms with van der Waals surface area (Å²) in [4.78, 5) is 22.7. The summed E-state index contributed by atoms with van der Waals surface area (Å²) in [6.45, 7) is 16.0. The maximum atomic E-state index is 8.89. The molecule has 0 fully saturated rings. The molecule has 0 atom stereocenters. The van der Waals surface area contributed by atoms with Crippen molar-refractivity contribution in [3.8, 4) is 0 Å². The normalized spacial score (nSPS) is 11.2. The minimum atomic E-state index is -1.08. The van der Waals surface area contributed by atoms with Gasteiger partial charge in [-0.25, -0.2) is 0 Å². The Labute approximate surface area is 265 Å². The lowest BCUT2D eigenvalue weighted by atomic mass is 10.4. The fraction of sp³-hybridized carbons (Fsp3) is 0.941. The molecule has 0 aliphatic rings. The number of hydrogen-bond donors (Lipinski definition) is 0. The third-order valence-electron chi connectivity index (χ3n) is 7.08. The van der Waals surface area contributed by atoms with E-state index < -0.39 is 26.5 Å². The summed E-state index contributed by atoms with van der Waals surface area (Å²) < 4.78 is 0. The number of carboxylic acids is 2. The Morgan fingerprint density at radius 3 is 0.690 bits per heavy atom. The number of unbranched alkanes of at least 4 members (excludes halogenated alkanes) is 6. The first-order chi connectivity index (χ1) is 19.7. The van der Waals surface area contributed by atoms with Gasteiger partial charge in [0.1, 0.15) is 12.6 Å². The van der Waals surface area contributed by atoms with E-state index >= 15 is 0 Å². The molecule has 0 heterocycles. The zero-order valence-electron chi connectivity index (χ0n) is 30.6. The van der Waals surface area contributed by atoms with Crippen LogP contribution in [0.15, 0.2) is 0 Å². The number of hydrogen-bond acceptors (Lipinski definition) is 6. The Balaban J connectivity index is -0.000000273. The number of carbonyl (C=O) groups is 2. The van der Waals surface area contributed by atoms with Crippen LogP contribution in [0.5, 0.6) is 0 Å². The molecule has 0 amide bonds. The highest BCUT2D eigenvalue weighted by Crippen LogP contribution is 2.61. The first kappa shape index (κ1) is 48.6. The fourth-order valence-corrected chi connectivity index (χ4v) is 15.8. The summed E-state index contributed by atoms with van der Waals surface area (Å²) in [7, 11) is 7.70. The van der Waals surface area contributed by atoms with Crippen molar-refractivity contribution in [1.82, 2.24) is 9.80 Å². The molecule has 0 rings (SSSR count). The van der Waals surface area contributed by atoms with Crippen molar-refractivity contribution < 1.29 is 19.8 Å². The van der Waals surface area contributed by atoms with Crippen molar-refractivity contribution >= 4 is 26.5 Å². The van der Waals surface area contributed by atoms with Crippen LogP contribution in [0.1, 0.15) is 132 Å². The van der Waals surface area contributed by atoms with Gasteiger partial charge in [-0.05, 0) is 80.6 Å². The zero-order chi connectivity index (χ0) is 33.5.